The minimum atomic E-state index is -2.42. The Balaban J connectivity index is 1.61. The summed E-state index contributed by atoms with van der Waals surface area (Å²) in [7, 11) is 0. The SMILES string of the molecule is CCCCCC1CCC(c2ccc(C3CCC(Br)(Br)C(C(F)F)C3)c(F)c2)CC1. The van der Waals surface area contributed by atoms with E-state index in [9.17, 15) is 13.2 Å². The lowest BCUT2D eigenvalue weighted by Crippen LogP contribution is -2.36. The number of halogens is 5. The molecule has 2 aliphatic carbocycles. The molecule has 29 heavy (non-hydrogen) atoms. The molecule has 0 aliphatic heterocycles. The van der Waals surface area contributed by atoms with E-state index in [1.165, 1.54) is 38.5 Å². The second kappa shape index (κ2) is 10.5. The highest BCUT2D eigenvalue weighted by atomic mass is 79.9. The summed E-state index contributed by atoms with van der Waals surface area (Å²) < 4.78 is 41.2. The zero-order valence-corrected chi connectivity index (χ0v) is 20.5. The molecule has 2 unspecified atom stereocenters. The zero-order valence-electron chi connectivity index (χ0n) is 17.3. The van der Waals surface area contributed by atoms with E-state index in [0.717, 1.165) is 24.3 Å². The molecule has 0 radical (unpaired) electrons. The second-order valence-electron chi connectivity index (χ2n) is 9.17. The highest BCUT2D eigenvalue weighted by Gasteiger charge is 2.45. The molecule has 1 aromatic carbocycles. The van der Waals surface area contributed by atoms with E-state index in [1.807, 2.05) is 6.07 Å². The molecule has 0 heterocycles. The molecule has 2 fully saturated rings. The molecule has 0 nitrogen and oxygen atoms in total. The first kappa shape index (κ1) is 23.6. The maximum atomic E-state index is 15.0. The molecule has 0 bridgehead atoms. The van der Waals surface area contributed by atoms with Crippen LogP contribution in [0.25, 0.3) is 0 Å². The molecule has 2 atom stereocenters. The maximum absolute atomic E-state index is 15.0. The fourth-order valence-corrected chi connectivity index (χ4v) is 6.55. The van der Waals surface area contributed by atoms with E-state index in [1.54, 1.807) is 6.07 Å². The van der Waals surface area contributed by atoms with E-state index in [2.05, 4.69) is 44.8 Å². The average molecular weight is 538 g/mol. The third-order valence-electron chi connectivity index (χ3n) is 7.21. The van der Waals surface area contributed by atoms with Crippen LogP contribution >= 0.6 is 31.9 Å². The number of rotatable bonds is 7. The number of unbranched alkanes of at least 4 members (excludes halogenated alkanes) is 2. The topological polar surface area (TPSA) is 0 Å². The Morgan fingerprint density at radius 1 is 1.03 bits per heavy atom. The fourth-order valence-electron chi connectivity index (χ4n) is 5.31. The Bertz CT molecular complexity index is 654. The van der Waals surface area contributed by atoms with E-state index >= 15 is 0 Å². The van der Waals surface area contributed by atoms with Gasteiger partial charge >= 0.3 is 0 Å². The number of hydrogen-bond acceptors (Lipinski definition) is 0. The fraction of sp³-hybridized carbons (Fsp3) is 0.750. The molecule has 3 rings (SSSR count). The summed E-state index contributed by atoms with van der Waals surface area (Å²) in [6.07, 6.45) is 9.18. The van der Waals surface area contributed by atoms with Crippen molar-refractivity contribution in [3.05, 3.63) is 35.1 Å². The van der Waals surface area contributed by atoms with Crippen molar-refractivity contribution in [2.45, 2.75) is 99.0 Å². The van der Waals surface area contributed by atoms with Gasteiger partial charge in [-0.3, -0.25) is 0 Å². The molecule has 0 spiro atoms. The summed E-state index contributed by atoms with van der Waals surface area (Å²) in [4.78, 5) is 0. The van der Waals surface area contributed by atoms with Gasteiger partial charge in [-0.05, 0) is 79.9 Å². The lowest BCUT2D eigenvalue weighted by Gasteiger charge is -2.39. The van der Waals surface area contributed by atoms with Crippen LogP contribution in [0.15, 0.2) is 18.2 Å². The van der Waals surface area contributed by atoms with Crippen LogP contribution < -0.4 is 0 Å². The van der Waals surface area contributed by atoms with Crippen molar-refractivity contribution in [3.8, 4) is 0 Å². The molecule has 0 N–H and O–H groups in total. The van der Waals surface area contributed by atoms with Crippen LogP contribution in [0.5, 0.6) is 0 Å². The molecule has 1 aromatic rings. The summed E-state index contributed by atoms with van der Waals surface area (Å²) in [6.45, 7) is 2.24. The highest BCUT2D eigenvalue weighted by Crippen LogP contribution is 2.52. The van der Waals surface area contributed by atoms with E-state index in [4.69, 9.17) is 0 Å². The van der Waals surface area contributed by atoms with Crippen LogP contribution in [0, 0.1) is 17.7 Å². The van der Waals surface area contributed by atoms with Crippen molar-refractivity contribution in [1.29, 1.82) is 0 Å². The van der Waals surface area contributed by atoms with Crippen molar-refractivity contribution >= 4 is 31.9 Å². The predicted octanol–water partition coefficient (Wildman–Crippen LogP) is 9.31. The van der Waals surface area contributed by atoms with Crippen molar-refractivity contribution in [2.75, 3.05) is 0 Å². The van der Waals surface area contributed by atoms with Crippen LogP contribution in [0.1, 0.15) is 101 Å². The van der Waals surface area contributed by atoms with Crippen molar-refractivity contribution in [2.24, 2.45) is 11.8 Å². The zero-order chi connectivity index (χ0) is 21.0. The Morgan fingerprint density at radius 2 is 1.76 bits per heavy atom. The van der Waals surface area contributed by atoms with Crippen LogP contribution in [0.4, 0.5) is 13.2 Å². The lowest BCUT2D eigenvalue weighted by atomic mass is 9.75. The van der Waals surface area contributed by atoms with Crippen molar-refractivity contribution < 1.29 is 13.2 Å². The van der Waals surface area contributed by atoms with Crippen LogP contribution in [-0.2, 0) is 0 Å². The average Bonchev–Trinajstić information content (AvgIpc) is 2.68. The van der Waals surface area contributed by atoms with Gasteiger partial charge in [0.15, 0.2) is 0 Å². The molecule has 2 saturated carbocycles. The predicted molar refractivity (Wildman–Crippen MR) is 122 cm³/mol. The van der Waals surface area contributed by atoms with Gasteiger partial charge < -0.3 is 0 Å². The minimum absolute atomic E-state index is 0.138. The summed E-state index contributed by atoms with van der Waals surface area (Å²) >= 11 is 6.82. The lowest BCUT2D eigenvalue weighted by molar-refractivity contribution is 0.0510. The Kier molecular flexibility index (Phi) is 8.57. The van der Waals surface area contributed by atoms with Gasteiger partial charge in [0.05, 0.1) is 3.23 Å². The third kappa shape index (κ3) is 6.02. The van der Waals surface area contributed by atoms with Gasteiger partial charge in [-0.1, -0.05) is 76.6 Å². The summed E-state index contributed by atoms with van der Waals surface area (Å²) in [5.74, 6) is 0.120. The number of alkyl halides is 4. The smallest absolute Gasteiger partial charge is 0.210 e. The van der Waals surface area contributed by atoms with Gasteiger partial charge in [0.25, 0.3) is 0 Å². The first-order chi connectivity index (χ1) is 13.8. The second-order valence-corrected chi connectivity index (χ2v) is 13.1. The molecule has 164 valence electrons. The quantitative estimate of drug-likeness (QED) is 0.240. The van der Waals surface area contributed by atoms with Crippen LogP contribution in [-0.4, -0.2) is 9.66 Å². The van der Waals surface area contributed by atoms with E-state index in [0.29, 0.717) is 30.7 Å². The molecule has 5 heteroatoms. The normalized spacial score (nSPS) is 29.9. The molecular formula is C24H33Br2F3. The van der Waals surface area contributed by atoms with Crippen LogP contribution in [0.2, 0.25) is 0 Å². The molecular weight excluding hydrogens is 505 g/mol. The van der Waals surface area contributed by atoms with Gasteiger partial charge in [-0.15, -0.1) is 0 Å². The highest BCUT2D eigenvalue weighted by molar-refractivity contribution is 9.25. The van der Waals surface area contributed by atoms with Crippen molar-refractivity contribution in [3.63, 3.8) is 0 Å². The van der Waals surface area contributed by atoms with Crippen molar-refractivity contribution in [1.82, 2.24) is 0 Å². The Labute approximate surface area is 190 Å². The summed E-state index contributed by atoms with van der Waals surface area (Å²) in [5, 5.41) is 0. The van der Waals surface area contributed by atoms with Gasteiger partial charge in [-0.25, -0.2) is 13.2 Å². The van der Waals surface area contributed by atoms with E-state index in [-0.39, 0.29) is 11.7 Å². The Morgan fingerprint density at radius 3 is 2.38 bits per heavy atom. The molecule has 0 aromatic heterocycles. The van der Waals surface area contributed by atoms with Gasteiger partial charge in [-0.2, -0.15) is 0 Å². The summed E-state index contributed by atoms with van der Waals surface area (Å²) in [5.41, 5.74) is 1.71. The molecule has 0 amide bonds. The molecule has 0 saturated heterocycles. The monoisotopic (exact) mass is 536 g/mol. The first-order valence-corrected chi connectivity index (χ1v) is 12.9. The summed E-state index contributed by atoms with van der Waals surface area (Å²) in [6, 6.07) is 5.63. The first-order valence-electron chi connectivity index (χ1n) is 11.3. The van der Waals surface area contributed by atoms with Gasteiger partial charge in [0.2, 0.25) is 6.43 Å². The van der Waals surface area contributed by atoms with E-state index < -0.39 is 15.6 Å². The standard InChI is InChI=1S/C24H33Br2F3/c1-2-3-4-5-16-6-8-17(9-7-16)18-10-11-20(22(27)15-18)19-12-13-24(25,26)21(14-19)23(28)29/h10-11,15-17,19,21,23H,2-9,12-14H2,1H3. The minimum Gasteiger partial charge on any atom is -0.210 e. The van der Waals surface area contributed by atoms with Gasteiger partial charge in [0.1, 0.15) is 5.82 Å². The number of hydrogen-bond donors (Lipinski definition) is 0. The Hall–Kier alpha value is -0.0300. The third-order valence-corrected chi connectivity index (χ3v) is 9.18. The van der Waals surface area contributed by atoms with Gasteiger partial charge in [0, 0.05) is 5.92 Å². The molecule has 2 aliphatic rings. The maximum Gasteiger partial charge on any atom is 0.243 e. The van der Waals surface area contributed by atoms with Crippen LogP contribution in [0.3, 0.4) is 0 Å². The number of benzene rings is 1. The largest absolute Gasteiger partial charge is 0.243 e.